The summed E-state index contributed by atoms with van der Waals surface area (Å²) in [5.74, 6) is 0. The number of rotatable bonds is 1. The van der Waals surface area contributed by atoms with Crippen molar-refractivity contribution in [3.63, 3.8) is 0 Å². The molecule has 1 aromatic carbocycles. The average Bonchev–Trinajstić information content (AvgIpc) is 2.24. The van der Waals surface area contributed by atoms with Crippen LogP contribution in [-0.2, 0) is 10.8 Å². The maximum atomic E-state index is 3.18. The van der Waals surface area contributed by atoms with Gasteiger partial charge in [0.1, 0.15) is 0 Å². The summed E-state index contributed by atoms with van der Waals surface area (Å²) >= 11 is 3.67. The van der Waals surface area contributed by atoms with E-state index < -0.39 is 0 Å². The Morgan fingerprint density at radius 2 is 1.56 bits per heavy atom. The Morgan fingerprint density at radius 3 is 2.12 bits per heavy atom. The van der Waals surface area contributed by atoms with E-state index in [0.29, 0.717) is 24.0 Å². The Morgan fingerprint density at radius 1 is 1.00 bits per heavy atom. The molecule has 0 saturated heterocycles. The summed E-state index contributed by atoms with van der Waals surface area (Å²) in [7, 11) is 0. The Kier molecular flexibility index (Phi) is 3.32. The molecule has 0 saturated carbocycles. The van der Waals surface area contributed by atoms with Crippen LogP contribution in [0.25, 0.3) is 0 Å². The fourth-order valence-electron chi connectivity index (χ4n) is 2.62. The molecule has 0 aliphatic heterocycles. The van der Waals surface area contributed by atoms with Gasteiger partial charge in [0.2, 0.25) is 0 Å². The van der Waals surface area contributed by atoms with Crippen LogP contribution in [0, 0.1) is 0 Å². The zero-order valence-corrected chi connectivity index (χ0v) is 13.9. The van der Waals surface area contributed by atoms with Crippen molar-refractivity contribution in [2.75, 3.05) is 0 Å². The SMILES string of the molecule is CC1(C)CCC(C)(C)c2cc([Se][Se])ccc21. The Labute approximate surface area is 112 Å². The molecule has 2 rings (SSSR count). The minimum absolute atomic E-state index is 0.353. The fraction of sp³-hybridized carbons (Fsp3) is 0.571. The van der Waals surface area contributed by atoms with E-state index >= 15 is 0 Å². The van der Waals surface area contributed by atoms with Crippen LogP contribution < -0.4 is 4.46 Å². The maximum absolute atomic E-state index is 3.18. The van der Waals surface area contributed by atoms with Crippen LogP contribution in [-0.4, -0.2) is 27.3 Å². The molecular formula is C14H19Se2. The molecular weight excluding hydrogens is 326 g/mol. The Hall–Kier alpha value is 0.259. The van der Waals surface area contributed by atoms with Gasteiger partial charge in [-0.25, -0.2) is 0 Å². The van der Waals surface area contributed by atoms with Gasteiger partial charge in [-0.2, -0.15) is 0 Å². The summed E-state index contributed by atoms with van der Waals surface area (Å²) in [5.41, 5.74) is 3.86. The Bertz CT molecular complexity index is 405. The van der Waals surface area contributed by atoms with Crippen molar-refractivity contribution in [3.8, 4) is 0 Å². The standard InChI is InChI=1S/C14H19Se2/c1-13(2)7-8-14(3,4)12-9-10(16-15)5-6-11(12)13/h5-6,9H,7-8H2,1-4H3. The quantitative estimate of drug-likeness (QED) is 0.686. The van der Waals surface area contributed by atoms with Crippen LogP contribution >= 0.6 is 0 Å². The summed E-state index contributed by atoms with van der Waals surface area (Å²) in [6.07, 6.45) is 2.60. The molecule has 0 unspecified atom stereocenters. The molecule has 0 N–H and O–H groups in total. The predicted molar refractivity (Wildman–Crippen MR) is 72.9 cm³/mol. The zero-order chi connectivity index (χ0) is 12.0. The van der Waals surface area contributed by atoms with E-state index in [9.17, 15) is 0 Å². The molecule has 0 amide bonds. The summed E-state index contributed by atoms with van der Waals surface area (Å²) in [6, 6.07) is 7.11. The first kappa shape index (κ1) is 12.7. The first-order valence-corrected chi connectivity index (χ1v) is 11.0. The van der Waals surface area contributed by atoms with Crippen molar-refractivity contribution in [3.05, 3.63) is 29.3 Å². The summed E-state index contributed by atoms with van der Waals surface area (Å²) in [5, 5.41) is 0. The number of hydrogen-bond acceptors (Lipinski definition) is 0. The van der Waals surface area contributed by atoms with Crippen molar-refractivity contribution in [2.45, 2.75) is 51.4 Å². The summed E-state index contributed by atoms with van der Waals surface area (Å²) in [6.45, 7) is 9.53. The van der Waals surface area contributed by atoms with Gasteiger partial charge < -0.3 is 0 Å². The molecule has 1 radical (unpaired) electrons. The van der Waals surface area contributed by atoms with Crippen LogP contribution in [0.5, 0.6) is 0 Å². The molecule has 1 aromatic rings. The fourth-order valence-corrected chi connectivity index (χ4v) is 4.36. The molecule has 87 valence electrons. The number of benzene rings is 1. The number of hydrogen-bond donors (Lipinski definition) is 0. The van der Waals surface area contributed by atoms with Crippen LogP contribution in [0.1, 0.15) is 51.7 Å². The third-order valence-electron chi connectivity index (χ3n) is 3.92. The third-order valence-corrected chi connectivity index (χ3v) is 6.96. The van der Waals surface area contributed by atoms with Gasteiger partial charge in [-0.15, -0.1) is 0 Å². The molecule has 0 nitrogen and oxygen atoms in total. The van der Waals surface area contributed by atoms with Crippen molar-refractivity contribution in [1.82, 2.24) is 0 Å². The molecule has 0 aromatic heterocycles. The van der Waals surface area contributed by atoms with Crippen molar-refractivity contribution >= 4 is 31.8 Å². The topological polar surface area (TPSA) is 0 Å². The normalized spacial score (nSPS) is 21.6. The summed E-state index contributed by atoms with van der Waals surface area (Å²) < 4.78 is 1.48. The number of fused-ring (bicyclic) bond motifs is 1. The van der Waals surface area contributed by atoms with E-state index in [0.717, 1.165) is 0 Å². The molecule has 0 spiro atoms. The van der Waals surface area contributed by atoms with E-state index in [1.54, 1.807) is 11.1 Å². The second-order valence-corrected chi connectivity index (χ2v) is 9.21. The van der Waals surface area contributed by atoms with Crippen LogP contribution in [0.15, 0.2) is 18.2 Å². The van der Waals surface area contributed by atoms with Crippen molar-refractivity contribution in [1.29, 1.82) is 0 Å². The monoisotopic (exact) mass is 347 g/mol. The van der Waals surface area contributed by atoms with Crippen LogP contribution in [0.4, 0.5) is 0 Å². The molecule has 2 heteroatoms. The van der Waals surface area contributed by atoms with Gasteiger partial charge in [0, 0.05) is 0 Å². The van der Waals surface area contributed by atoms with Crippen molar-refractivity contribution < 1.29 is 0 Å². The summed E-state index contributed by atoms with van der Waals surface area (Å²) in [4.78, 5) is 0. The van der Waals surface area contributed by atoms with Gasteiger partial charge in [0.05, 0.1) is 0 Å². The van der Waals surface area contributed by atoms with Gasteiger partial charge in [-0.05, 0) is 0 Å². The van der Waals surface area contributed by atoms with E-state index in [4.69, 9.17) is 0 Å². The minimum atomic E-state index is 0.353. The first-order chi connectivity index (χ1) is 7.37. The molecule has 1 aliphatic rings. The zero-order valence-electron chi connectivity index (χ0n) is 10.5. The van der Waals surface area contributed by atoms with Gasteiger partial charge >= 0.3 is 112 Å². The predicted octanol–water partition coefficient (Wildman–Crippen LogP) is 2.45. The van der Waals surface area contributed by atoms with E-state index in [1.165, 1.54) is 17.3 Å². The second kappa shape index (κ2) is 4.18. The van der Waals surface area contributed by atoms with Gasteiger partial charge in [0.15, 0.2) is 0 Å². The molecule has 16 heavy (non-hydrogen) atoms. The second-order valence-electron chi connectivity index (χ2n) is 6.06. The van der Waals surface area contributed by atoms with Gasteiger partial charge in [-0.3, -0.25) is 0 Å². The Balaban J connectivity index is 2.60. The molecule has 0 heterocycles. The van der Waals surface area contributed by atoms with E-state index in [-0.39, 0.29) is 0 Å². The van der Waals surface area contributed by atoms with Crippen LogP contribution in [0.2, 0.25) is 0 Å². The molecule has 0 atom stereocenters. The molecule has 0 fully saturated rings. The first-order valence-electron chi connectivity index (χ1n) is 5.82. The van der Waals surface area contributed by atoms with Crippen molar-refractivity contribution in [2.24, 2.45) is 0 Å². The van der Waals surface area contributed by atoms with Gasteiger partial charge in [0.25, 0.3) is 0 Å². The van der Waals surface area contributed by atoms with Gasteiger partial charge in [-0.1, -0.05) is 0 Å². The van der Waals surface area contributed by atoms with E-state index in [2.05, 4.69) is 60.1 Å². The van der Waals surface area contributed by atoms with Crippen LogP contribution in [0.3, 0.4) is 0 Å². The third kappa shape index (κ3) is 2.14. The van der Waals surface area contributed by atoms with E-state index in [1.807, 2.05) is 0 Å². The molecule has 1 aliphatic carbocycles. The average molecular weight is 345 g/mol. The molecule has 0 bridgehead atoms.